The molecule has 4 atom stereocenters. The molecule has 5 fully saturated rings. The largest absolute Gasteiger partial charge is 0.363 e. The van der Waals surface area contributed by atoms with Crippen molar-refractivity contribution in [3.8, 4) is 0 Å². The summed E-state index contributed by atoms with van der Waals surface area (Å²) >= 11 is 0. The number of ketones is 1. The summed E-state index contributed by atoms with van der Waals surface area (Å²) in [5.74, 6) is -2.69. The molecule has 10 heteroatoms. The molecule has 0 aromatic heterocycles. The molecule has 2 unspecified atom stereocenters. The third kappa shape index (κ3) is 4.27. The maximum atomic E-state index is 14.3. The number of nitrogens with zero attached hydrogens (tertiary/aromatic N) is 1. The quantitative estimate of drug-likeness (QED) is 0.314. The van der Waals surface area contributed by atoms with E-state index < -0.39 is 46.7 Å². The summed E-state index contributed by atoms with van der Waals surface area (Å²) in [5.41, 5.74) is 9.75. The average molecular weight is 558 g/mol. The summed E-state index contributed by atoms with van der Waals surface area (Å²) < 4.78 is 0. The van der Waals surface area contributed by atoms with Crippen LogP contribution in [-0.4, -0.2) is 64.5 Å². The van der Waals surface area contributed by atoms with E-state index >= 15 is 0 Å². The Kier molecular flexibility index (Phi) is 6.72. The molecule has 4 saturated carbocycles. The van der Waals surface area contributed by atoms with Gasteiger partial charge in [-0.2, -0.15) is 0 Å². The van der Waals surface area contributed by atoms with Gasteiger partial charge in [0.25, 0.3) is 5.91 Å². The van der Waals surface area contributed by atoms with Gasteiger partial charge in [0.1, 0.15) is 12.1 Å². The van der Waals surface area contributed by atoms with Crippen molar-refractivity contribution in [1.29, 1.82) is 0 Å². The van der Waals surface area contributed by atoms with Gasteiger partial charge in [-0.1, -0.05) is 60.3 Å². The summed E-state index contributed by atoms with van der Waals surface area (Å²) in [7, 11) is 0. The molecule has 5 rings (SSSR count). The predicted octanol–water partition coefficient (Wildman–Crippen LogP) is 1.54. The van der Waals surface area contributed by atoms with Crippen molar-refractivity contribution < 1.29 is 24.0 Å². The number of carbonyl (C=O) groups is 5. The van der Waals surface area contributed by atoms with E-state index in [1.807, 2.05) is 20.8 Å². The number of nitrogens with one attached hydrogen (secondary N) is 2. The van der Waals surface area contributed by atoms with E-state index in [-0.39, 0.29) is 34.0 Å². The SMILES string of the molecule is CC(C)(C)[C@H](NC(=O)C1(N)CC1)C(=O)N1CC2(C[C@H]1C(=O)NC(CC1CCC1)C(=O)C(N)=O)C(C)(C)C21CCC1. The highest BCUT2D eigenvalue weighted by molar-refractivity contribution is 6.37. The van der Waals surface area contributed by atoms with E-state index in [0.29, 0.717) is 32.2 Å². The summed E-state index contributed by atoms with van der Waals surface area (Å²) in [6.45, 7) is 10.6. The van der Waals surface area contributed by atoms with Crippen molar-refractivity contribution in [1.82, 2.24) is 15.5 Å². The van der Waals surface area contributed by atoms with E-state index in [4.69, 9.17) is 11.5 Å². The molecule has 1 heterocycles. The lowest BCUT2D eigenvalue weighted by atomic mass is 9.73. The van der Waals surface area contributed by atoms with Crippen LogP contribution < -0.4 is 22.1 Å². The van der Waals surface area contributed by atoms with E-state index in [0.717, 1.165) is 38.5 Å². The lowest BCUT2D eigenvalue weighted by Crippen LogP contribution is -2.61. The zero-order chi connectivity index (χ0) is 29.5. The standard InChI is InChI=1S/C30H47N5O5/c1-26(2,3)21(34-25(40)28(32)12-13-28)24(39)35-16-30(27(4,5)29(30)10-7-11-29)15-19(35)23(38)33-18(20(36)22(31)37)14-17-8-6-9-17/h17-19,21H,6-16,32H2,1-5H3,(H2,31,37)(H,33,38)(H,34,40)/t18?,19-,21+,30?/m0/s1. The highest BCUT2D eigenvalue weighted by Crippen LogP contribution is 2.88. The Morgan fingerprint density at radius 2 is 1.57 bits per heavy atom. The van der Waals surface area contributed by atoms with Crippen molar-refractivity contribution in [3.63, 3.8) is 0 Å². The van der Waals surface area contributed by atoms with Gasteiger partial charge in [0.05, 0.1) is 11.6 Å². The van der Waals surface area contributed by atoms with Gasteiger partial charge in [-0.25, -0.2) is 0 Å². The first-order valence-corrected chi connectivity index (χ1v) is 15.0. The topological polar surface area (TPSA) is 165 Å². The number of primary amides is 1. The molecule has 1 saturated heterocycles. The molecule has 40 heavy (non-hydrogen) atoms. The molecule has 1 aliphatic heterocycles. The highest BCUT2D eigenvalue weighted by Gasteiger charge is 2.85. The first kappa shape index (κ1) is 29.0. The monoisotopic (exact) mass is 557 g/mol. The van der Waals surface area contributed by atoms with Gasteiger partial charge in [0, 0.05) is 12.0 Å². The Morgan fingerprint density at radius 1 is 0.950 bits per heavy atom. The van der Waals surface area contributed by atoms with E-state index in [1.54, 1.807) is 4.90 Å². The number of hydrogen-bond donors (Lipinski definition) is 4. The van der Waals surface area contributed by atoms with Gasteiger partial charge in [0.15, 0.2) is 0 Å². The Balaban J connectivity index is 1.43. The number of Topliss-reactive ketones (excluding diaryl/α,β-unsaturated/α-hetero) is 1. The number of amides is 4. The lowest BCUT2D eigenvalue weighted by molar-refractivity contribution is -0.145. The average Bonchev–Trinajstić information content (AvgIpc) is 3.56. The van der Waals surface area contributed by atoms with Crippen molar-refractivity contribution in [3.05, 3.63) is 0 Å². The third-order valence-electron chi connectivity index (χ3n) is 11.7. The van der Waals surface area contributed by atoms with E-state index in [1.165, 1.54) is 0 Å². The molecule has 0 aromatic carbocycles. The number of fused-ring (bicyclic) bond motifs is 1. The van der Waals surface area contributed by atoms with Crippen molar-refractivity contribution >= 4 is 29.4 Å². The molecule has 0 aromatic rings. The van der Waals surface area contributed by atoms with Crippen molar-refractivity contribution in [2.24, 2.45) is 39.0 Å². The van der Waals surface area contributed by atoms with E-state index in [2.05, 4.69) is 24.5 Å². The normalized spacial score (nSPS) is 30.6. The van der Waals surface area contributed by atoms with Crippen LogP contribution in [0.3, 0.4) is 0 Å². The summed E-state index contributed by atoms with van der Waals surface area (Å²) in [5, 5.41) is 5.77. The maximum Gasteiger partial charge on any atom is 0.287 e. The summed E-state index contributed by atoms with van der Waals surface area (Å²) in [4.78, 5) is 67.5. The van der Waals surface area contributed by atoms with Gasteiger partial charge in [-0.3, -0.25) is 24.0 Å². The number of nitrogens with two attached hydrogens (primary N) is 2. The van der Waals surface area contributed by atoms with Crippen LogP contribution in [-0.2, 0) is 24.0 Å². The fourth-order valence-corrected chi connectivity index (χ4v) is 8.25. The Morgan fingerprint density at radius 3 is 2.00 bits per heavy atom. The second kappa shape index (κ2) is 9.26. The molecule has 10 nitrogen and oxygen atoms in total. The van der Waals surface area contributed by atoms with Gasteiger partial charge in [-0.15, -0.1) is 0 Å². The number of carbonyl (C=O) groups excluding carboxylic acids is 5. The minimum atomic E-state index is -1.07. The molecular formula is C30H47N5O5. The summed E-state index contributed by atoms with van der Waals surface area (Å²) in [6, 6.07) is -2.69. The number of hydrogen-bond acceptors (Lipinski definition) is 6. The fourth-order valence-electron chi connectivity index (χ4n) is 8.25. The third-order valence-corrected chi connectivity index (χ3v) is 11.7. The minimum absolute atomic E-state index is 0.0456. The molecular weight excluding hydrogens is 510 g/mol. The molecule has 0 bridgehead atoms. The van der Waals surface area contributed by atoms with Crippen LogP contribution in [0.5, 0.6) is 0 Å². The second-order valence-corrected chi connectivity index (χ2v) is 15.1. The molecule has 0 radical (unpaired) electrons. The Labute approximate surface area is 237 Å². The fraction of sp³-hybridized carbons (Fsp3) is 0.833. The van der Waals surface area contributed by atoms with Crippen LogP contribution in [0.15, 0.2) is 0 Å². The molecule has 2 spiro atoms. The molecule has 6 N–H and O–H groups in total. The van der Waals surface area contributed by atoms with Crippen LogP contribution >= 0.6 is 0 Å². The maximum absolute atomic E-state index is 14.3. The molecule has 4 amide bonds. The smallest absolute Gasteiger partial charge is 0.287 e. The van der Waals surface area contributed by atoms with Gasteiger partial charge >= 0.3 is 0 Å². The van der Waals surface area contributed by atoms with Crippen LogP contribution in [0.4, 0.5) is 0 Å². The van der Waals surface area contributed by atoms with Crippen molar-refractivity contribution in [2.45, 2.75) is 122 Å². The van der Waals surface area contributed by atoms with E-state index in [9.17, 15) is 24.0 Å². The molecule has 4 aliphatic carbocycles. The second-order valence-electron chi connectivity index (χ2n) is 15.1. The molecule has 5 aliphatic rings. The van der Waals surface area contributed by atoms with Crippen LogP contribution in [0, 0.1) is 27.6 Å². The Bertz CT molecular complexity index is 1130. The van der Waals surface area contributed by atoms with Gasteiger partial charge < -0.3 is 27.0 Å². The lowest BCUT2D eigenvalue weighted by Gasteiger charge is -2.36. The van der Waals surface area contributed by atoms with Gasteiger partial charge in [0.2, 0.25) is 23.5 Å². The summed E-state index contributed by atoms with van der Waals surface area (Å²) in [6.07, 6.45) is 8.23. The first-order valence-electron chi connectivity index (χ1n) is 15.0. The zero-order valence-electron chi connectivity index (χ0n) is 24.7. The minimum Gasteiger partial charge on any atom is -0.363 e. The predicted molar refractivity (Wildman–Crippen MR) is 148 cm³/mol. The zero-order valence-corrected chi connectivity index (χ0v) is 24.7. The molecule has 222 valence electrons. The number of rotatable bonds is 9. The van der Waals surface area contributed by atoms with Crippen LogP contribution in [0.2, 0.25) is 0 Å². The van der Waals surface area contributed by atoms with Gasteiger partial charge in [-0.05, 0) is 60.7 Å². The van der Waals surface area contributed by atoms with Crippen LogP contribution in [0.1, 0.15) is 98.8 Å². The first-order chi connectivity index (χ1) is 18.5. The highest BCUT2D eigenvalue weighted by atomic mass is 16.2. The van der Waals surface area contributed by atoms with Crippen LogP contribution in [0.25, 0.3) is 0 Å². The Hall–Kier alpha value is -2.49. The number of likely N-dealkylation sites (tertiary alicyclic amines) is 1. The van der Waals surface area contributed by atoms with Crippen molar-refractivity contribution in [2.75, 3.05) is 6.54 Å².